The van der Waals surface area contributed by atoms with Gasteiger partial charge >= 0.3 is 0 Å². The van der Waals surface area contributed by atoms with Gasteiger partial charge < -0.3 is 14.6 Å². The summed E-state index contributed by atoms with van der Waals surface area (Å²) in [7, 11) is 1.73. The Kier molecular flexibility index (Phi) is 4.27. The van der Waals surface area contributed by atoms with Crippen LogP contribution >= 0.6 is 0 Å². The summed E-state index contributed by atoms with van der Waals surface area (Å²) >= 11 is 0. The molecule has 1 aliphatic carbocycles. The maximum Gasteiger partial charge on any atom is 0.203 e. The minimum absolute atomic E-state index is 0.284. The molecule has 0 bridgehead atoms. The first-order valence-electron chi connectivity index (χ1n) is 6.89. The van der Waals surface area contributed by atoms with Crippen LogP contribution in [0.15, 0.2) is 6.20 Å². The molecule has 4 heteroatoms. The predicted molar refractivity (Wildman–Crippen MR) is 73.8 cm³/mol. The first kappa shape index (κ1) is 13.4. The van der Waals surface area contributed by atoms with Gasteiger partial charge in [-0.3, -0.25) is 0 Å². The fourth-order valence-electron chi connectivity index (χ4n) is 2.44. The van der Waals surface area contributed by atoms with Crippen molar-refractivity contribution in [2.75, 3.05) is 19.0 Å². The number of aromatic nitrogens is 2. The smallest absolute Gasteiger partial charge is 0.203 e. The molecule has 0 aromatic carbocycles. The maximum absolute atomic E-state index is 5.15. The molecule has 2 rings (SSSR count). The van der Waals surface area contributed by atoms with Crippen LogP contribution in [0.3, 0.4) is 0 Å². The molecule has 2 atom stereocenters. The summed E-state index contributed by atoms with van der Waals surface area (Å²) in [6.45, 7) is 8.26. The molecular weight excluding hydrogens is 226 g/mol. The topological polar surface area (TPSA) is 39.1 Å². The molecule has 102 valence electrons. The molecular formula is C14H25N3O. The number of hydrogen-bond donors (Lipinski definition) is 1. The average molecular weight is 251 g/mol. The lowest BCUT2D eigenvalue weighted by Gasteiger charge is -2.17. The number of hydrogen-bond acceptors (Lipinski definition) is 3. The van der Waals surface area contributed by atoms with Gasteiger partial charge in [0.25, 0.3) is 0 Å². The van der Waals surface area contributed by atoms with Crippen LogP contribution in [0.2, 0.25) is 0 Å². The Morgan fingerprint density at radius 3 is 2.83 bits per heavy atom. The third-order valence-electron chi connectivity index (χ3n) is 3.60. The summed E-state index contributed by atoms with van der Waals surface area (Å²) < 4.78 is 7.41. The fraction of sp³-hybridized carbons (Fsp3) is 0.786. The highest BCUT2D eigenvalue weighted by Crippen LogP contribution is 2.37. The molecule has 0 amide bonds. The van der Waals surface area contributed by atoms with Gasteiger partial charge in [-0.25, -0.2) is 4.98 Å². The van der Waals surface area contributed by atoms with Crippen molar-refractivity contribution in [1.29, 1.82) is 0 Å². The van der Waals surface area contributed by atoms with Crippen LogP contribution in [0.25, 0.3) is 0 Å². The Morgan fingerprint density at radius 2 is 2.22 bits per heavy atom. The largest absolute Gasteiger partial charge is 0.383 e. The van der Waals surface area contributed by atoms with Crippen molar-refractivity contribution in [2.45, 2.75) is 46.2 Å². The number of nitrogens with zero attached hydrogens (tertiary/aromatic N) is 2. The first-order chi connectivity index (χ1) is 8.60. The van der Waals surface area contributed by atoms with Crippen molar-refractivity contribution in [3.05, 3.63) is 11.9 Å². The molecule has 1 heterocycles. The molecule has 1 aromatic heterocycles. The zero-order valence-electron chi connectivity index (χ0n) is 11.9. The lowest BCUT2D eigenvalue weighted by molar-refractivity contribution is 0.190. The average Bonchev–Trinajstić information content (AvgIpc) is 3.07. The van der Waals surface area contributed by atoms with Crippen LogP contribution < -0.4 is 5.32 Å². The Bertz CT molecular complexity index is 384. The van der Waals surface area contributed by atoms with E-state index in [9.17, 15) is 0 Å². The second-order valence-corrected chi connectivity index (χ2v) is 5.67. The van der Waals surface area contributed by atoms with Crippen LogP contribution in [-0.4, -0.2) is 29.3 Å². The van der Waals surface area contributed by atoms with Crippen LogP contribution in [0.5, 0.6) is 0 Å². The van der Waals surface area contributed by atoms with Crippen molar-refractivity contribution in [1.82, 2.24) is 9.55 Å². The van der Waals surface area contributed by atoms with E-state index in [-0.39, 0.29) is 6.04 Å². The molecule has 0 aliphatic heterocycles. The number of imidazole rings is 1. The third kappa shape index (κ3) is 3.48. The molecule has 2 unspecified atom stereocenters. The van der Waals surface area contributed by atoms with Crippen molar-refractivity contribution in [3.63, 3.8) is 0 Å². The standard InChI is InChI=1S/C14H25N3O/c1-10(13-5-6-13)7-17-8-11(2)15-14(17)16-12(3)9-18-4/h8,10,12-13H,5-7,9H2,1-4H3,(H,15,16). The normalized spacial score (nSPS) is 18.7. The zero-order chi connectivity index (χ0) is 13.1. The van der Waals surface area contributed by atoms with Crippen molar-refractivity contribution >= 4 is 5.95 Å². The summed E-state index contributed by atoms with van der Waals surface area (Å²) in [5.41, 5.74) is 1.07. The summed E-state index contributed by atoms with van der Waals surface area (Å²) in [5.74, 6) is 2.65. The number of rotatable bonds is 7. The van der Waals surface area contributed by atoms with E-state index in [1.54, 1.807) is 7.11 Å². The molecule has 1 fully saturated rings. The van der Waals surface area contributed by atoms with E-state index >= 15 is 0 Å². The van der Waals surface area contributed by atoms with E-state index in [0.717, 1.165) is 30.0 Å². The quantitative estimate of drug-likeness (QED) is 0.810. The van der Waals surface area contributed by atoms with Crippen LogP contribution in [0, 0.1) is 18.8 Å². The monoisotopic (exact) mass is 251 g/mol. The first-order valence-corrected chi connectivity index (χ1v) is 6.89. The summed E-state index contributed by atoms with van der Waals surface area (Å²) in [4.78, 5) is 4.56. The highest BCUT2D eigenvalue weighted by Gasteiger charge is 2.28. The summed E-state index contributed by atoms with van der Waals surface area (Å²) in [6, 6.07) is 0.284. The molecule has 18 heavy (non-hydrogen) atoms. The molecule has 0 spiro atoms. The van der Waals surface area contributed by atoms with Gasteiger partial charge in [-0.2, -0.15) is 0 Å². The Labute approximate surface area is 110 Å². The number of nitrogens with one attached hydrogen (secondary N) is 1. The second kappa shape index (κ2) is 5.74. The van der Waals surface area contributed by atoms with Gasteiger partial charge in [0.2, 0.25) is 5.95 Å². The number of ether oxygens (including phenoxy) is 1. The van der Waals surface area contributed by atoms with Crippen molar-refractivity contribution < 1.29 is 4.74 Å². The van der Waals surface area contributed by atoms with E-state index in [4.69, 9.17) is 4.74 Å². The molecule has 0 saturated heterocycles. The predicted octanol–water partition coefficient (Wildman–Crippen LogP) is 2.68. The maximum atomic E-state index is 5.15. The van der Waals surface area contributed by atoms with E-state index in [1.165, 1.54) is 12.8 Å². The van der Waals surface area contributed by atoms with E-state index < -0.39 is 0 Å². The highest BCUT2D eigenvalue weighted by atomic mass is 16.5. The summed E-state index contributed by atoms with van der Waals surface area (Å²) in [5, 5.41) is 3.42. The molecule has 1 aliphatic rings. The number of anilines is 1. The van der Waals surface area contributed by atoms with Gasteiger partial charge in [0, 0.05) is 25.9 Å². The van der Waals surface area contributed by atoms with E-state index in [0.29, 0.717) is 6.61 Å². The SMILES string of the molecule is COCC(C)Nc1nc(C)cn1CC(C)C1CC1. The Hall–Kier alpha value is -1.03. The lowest BCUT2D eigenvalue weighted by Crippen LogP contribution is -2.24. The Balaban J connectivity index is 1.99. The van der Waals surface area contributed by atoms with Crippen LogP contribution in [0.4, 0.5) is 5.95 Å². The van der Waals surface area contributed by atoms with Gasteiger partial charge in [-0.15, -0.1) is 0 Å². The molecule has 1 aromatic rings. The Morgan fingerprint density at radius 1 is 1.50 bits per heavy atom. The van der Waals surface area contributed by atoms with Gasteiger partial charge in [0.05, 0.1) is 12.3 Å². The number of aryl methyl sites for hydroxylation is 1. The lowest BCUT2D eigenvalue weighted by atomic mass is 10.1. The number of methoxy groups -OCH3 is 1. The van der Waals surface area contributed by atoms with Gasteiger partial charge in [-0.05, 0) is 38.5 Å². The van der Waals surface area contributed by atoms with E-state index in [2.05, 4.69) is 34.9 Å². The van der Waals surface area contributed by atoms with Crippen LogP contribution in [-0.2, 0) is 11.3 Å². The summed E-state index contributed by atoms with van der Waals surface area (Å²) in [6.07, 6.45) is 4.94. The fourth-order valence-corrected chi connectivity index (χ4v) is 2.44. The van der Waals surface area contributed by atoms with Gasteiger partial charge in [0.15, 0.2) is 0 Å². The minimum Gasteiger partial charge on any atom is -0.383 e. The molecule has 1 saturated carbocycles. The highest BCUT2D eigenvalue weighted by molar-refractivity contribution is 5.30. The van der Waals surface area contributed by atoms with Gasteiger partial charge in [-0.1, -0.05) is 6.92 Å². The molecule has 0 radical (unpaired) electrons. The molecule has 1 N–H and O–H groups in total. The zero-order valence-corrected chi connectivity index (χ0v) is 11.9. The van der Waals surface area contributed by atoms with Crippen LogP contribution in [0.1, 0.15) is 32.4 Å². The van der Waals surface area contributed by atoms with Crippen molar-refractivity contribution in [2.24, 2.45) is 11.8 Å². The second-order valence-electron chi connectivity index (χ2n) is 5.67. The van der Waals surface area contributed by atoms with Gasteiger partial charge in [0.1, 0.15) is 0 Å². The van der Waals surface area contributed by atoms with E-state index in [1.807, 2.05) is 6.92 Å². The van der Waals surface area contributed by atoms with Crippen molar-refractivity contribution in [3.8, 4) is 0 Å². The molecule has 4 nitrogen and oxygen atoms in total. The minimum atomic E-state index is 0.284. The third-order valence-corrected chi connectivity index (χ3v) is 3.60.